The van der Waals surface area contributed by atoms with Gasteiger partial charge in [-0.3, -0.25) is 4.99 Å². The Kier molecular flexibility index (Phi) is 8.16. The van der Waals surface area contributed by atoms with Crippen molar-refractivity contribution < 1.29 is 4.74 Å². The van der Waals surface area contributed by atoms with E-state index < -0.39 is 0 Å². The topological polar surface area (TPSA) is 72.5 Å². The van der Waals surface area contributed by atoms with Crippen LogP contribution in [0.15, 0.2) is 10.4 Å². The van der Waals surface area contributed by atoms with Crippen LogP contribution in [0, 0.1) is 6.92 Å². The van der Waals surface area contributed by atoms with E-state index in [1.807, 2.05) is 13.8 Å². The summed E-state index contributed by atoms with van der Waals surface area (Å²) in [5, 5.41) is 6.33. The first-order valence-electron chi connectivity index (χ1n) is 6.75. The molecule has 3 N–H and O–H groups in total. The molecule has 0 aliphatic rings. The Labute approximate surface area is 119 Å². The van der Waals surface area contributed by atoms with E-state index in [1.165, 1.54) is 5.01 Å². The largest absolute Gasteiger partial charge is 0.382 e. The Morgan fingerprint density at radius 2 is 2.37 bits per heavy atom. The fraction of sp³-hybridized carbons (Fsp3) is 0.692. The molecule has 1 heterocycles. The lowest BCUT2D eigenvalue weighted by Gasteiger charge is -2.05. The molecule has 0 atom stereocenters. The Morgan fingerprint density at radius 3 is 3.05 bits per heavy atom. The average Bonchev–Trinajstić information content (AvgIpc) is 2.80. The van der Waals surface area contributed by atoms with Gasteiger partial charge in [0.15, 0.2) is 5.96 Å². The Bertz CT molecular complexity index is 378. The summed E-state index contributed by atoms with van der Waals surface area (Å²) in [4.78, 5) is 8.70. The Balaban J connectivity index is 2.04. The zero-order valence-electron chi connectivity index (χ0n) is 11.8. The van der Waals surface area contributed by atoms with Gasteiger partial charge in [0, 0.05) is 43.8 Å². The minimum atomic E-state index is 0.520. The number of ether oxygens (including phenoxy) is 1. The standard InChI is InChI=1S/C13H24N4OS/c1-3-18-9-5-8-16-13(14)15-7-4-6-12-17-11(2)10-19-12/h10H,3-9H2,1-2H3,(H3,14,15,16). The maximum Gasteiger partial charge on any atom is 0.188 e. The summed E-state index contributed by atoms with van der Waals surface area (Å²) in [5.41, 5.74) is 6.85. The summed E-state index contributed by atoms with van der Waals surface area (Å²) >= 11 is 1.71. The number of nitrogens with two attached hydrogens (primary N) is 1. The molecule has 1 aromatic heterocycles. The van der Waals surface area contributed by atoms with Crippen molar-refractivity contribution in [3.63, 3.8) is 0 Å². The minimum absolute atomic E-state index is 0.520. The van der Waals surface area contributed by atoms with Gasteiger partial charge in [-0.15, -0.1) is 11.3 Å². The molecule has 0 saturated heterocycles. The van der Waals surface area contributed by atoms with Crippen LogP contribution in [-0.4, -0.2) is 37.2 Å². The average molecular weight is 284 g/mol. The van der Waals surface area contributed by atoms with Gasteiger partial charge in [0.2, 0.25) is 0 Å². The van der Waals surface area contributed by atoms with Gasteiger partial charge >= 0.3 is 0 Å². The molecule has 0 aromatic carbocycles. The highest BCUT2D eigenvalue weighted by Gasteiger charge is 1.98. The number of hydrogen-bond donors (Lipinski definition) is 2. The van der Waals surface area contributed by atoms with Crippen LogP contribution >= 0.6 is 11.3 Å². The maximum absolute atomic E-state index is 5.76. The van der Waals surface area contributed by atoms with E-state index in [2.05, 4.69) is 20.7 Å². The second-order valence-corrected chi connectivity index (χ2v) is 5.17. The van der Waals surface area contributed by atoms with Crippen molar-refractivity contribution in [3.8, 4) is 0 Å². The van der Waals surface area contributed by atoms with Crippen LogP contribution in [0.4, 0.5) is 0 Å². The van der Waals surface area contributed by atoms with Crippen LogP contribution in [0.3, 0.4) is 0 Å². The van der Waals surface area contributed by atoms with Crippen LogP contribution < -0.4 is 11.1 Å². The zero-order chi connectivity index (χ0) is 13.9. The van der Waals surface area contributed by atoms with Gasteiger partial charge in [-0.05, 0) is 26.7 Å². The van der Waals surface area contributed by atoms with Gasteiger partial charge < -0.3 is 15.8 Å². The number of aryl methyl sites for hydroxylation is 2. The minimum Gasteiger partial charge on any atom is -0.382 e. The van der Waals surface area contributed by atoms with E-state index in [0.717, 1.165) is 51.3 Å². The highest BCUT2D eigenvalue weighted by Crippen LogP contribution is 2.10. The molecule has 6 heteroatoms. The summed E-state index contributed by atoms with van der Waals surface area (Å²) < 4.78 is 5.24. The fourth-order valence-electron chi connectivity index (χ4n) is 1.54. The van der Waals surface area contributed by atoms with Crippen molar-refractivity contribution in [1.29, 1.82) is 0 Å². The third-order valence-electron chi connectivity index (χ3n) is 2.47. The molecule has 1 aromatic rings. The van der Waals surface area contributed by atoms with Gasteiger partial charge in [-0.25, -0.2) is 4.98 Å². The number of nitrogens with one attached hydrogen (secondary N) is 1. The van der Waals surface area contributed by atoms with Gasteiger partial charge in [0.25, 0.3) is 0 Å². The normalized spacial score (nSPS) is 11.8. The van der Waals surface area contributed by atoms with Crippen molar-refractivity contribution in [2.24, 2.45) is 10.7 Å². The number of guanidine groups is 1. The summed E-state index contributed by atoms with van der Waals surface area (Å²) in [6.45, 7) is 7.08. The smallest absolute Gasteiger partial charge is 0.188 e. The second-order valence-electron chi connectivity index (χ2n) is 4.23. The van der Waals surface area contributed by atoms with E-state index in [-0.39, 0.29) is 0 Å². The van der Waals surface area contributed by atoms with E-state index in [1.54, 1.807) is 11.3 Å². The SMILES string of the molecule is CCOCCCNC(N)=NCCCc1nc(C)cs1. The maximum atomic E-state index is 5.76. The van der Waals surface area contributed by atoms with Crippen molar-refractivity contribution in [2.75, 3.05) is 26.3 Å². The van der Waals surface area contributed by atoms with Gasteiger partial charge in [0.05, 0.1) is 5.01 Å². The van der Waals surface area contributed by atoms with E-state index in [9.17, 15) is 0 Å². The quantitative estimate of drug-likeness (QED) is 0.411. The molecule has 0 unspecified atom stereocenters. The van der Waals surface area contributed by atoms with Gasteiger partial charge in [-0.1, -0.05) is 0 Å². The molecule has 0 aliphatic carbocycles. The van der Waals surface area contributed by atoms with Crippen LogP contribution in [0.1, 0.15) is 30.5 Å². The van der Waals surface area contributed by atoms with Crippen molar-refractivity contribution in [1.82, 2.24) is 10.3 Å². The summed E-state index contributed by atoms with van der Waals surface area (Å²) in [5.74, 6) is 0.520. The highest BCUT2D eigenvalue weighted by molar-refractivity contribution is 7.09. The van der Waals surface area contributed by atoms with Crippen LogP contribution in [0.5, 0.6) is 0 Å². The molecular weight excluding hydrogens is 260 g/mol. The summed E-state index contributed by atoms with van der Waals surface area (Å²) in [6.07, 6.45) is 2.90. The predicted molar refractivity (Wildman–Crippen MR) is 80.8 cm³/mol. The fourth-order valence-corrected chi connectivity index (χ4v) is 2.36. The lowest BCUT2D eigenvalue weighted by molar-refractivity contribution is 0.145. The number of rotatable bonds is 9. The molecule has 5 nitrogen and oxygen atoms in total. The molecule has 0 fully saturated rings. The molecule has 0 saturated carbocycles. The molecule has 108 valence electrons. The highest BCUT2D eigenvalue weighted by atomic mass is 32.1. The third kappa shape index (κ3) is 7.79. The van der Waals surface area contributed by atoms with Gasteiger partial charge in [0.1, 0.15) is 0 Å². The van der Waals surface area contributed by atoms with Gasteiger partial charge in [-0.2, -0.15) is 0 Å². The van der Waals surface area contributed by atoms with E-state index in [4.69, 9.17) is 10.5 Å². The molecule has 19 heavy (non-hydrogen) atoms. The van der Waals surface area contributed by atoms with Crippen molar-refractivity contribution in [2.45, 2.75) is 33.1 Å². The molecule has 0 spiro atoms. The molecule has 0 aliphatic heterocycles. The van der Waals surface area contributed by atoms with Crippen molar-refractivity contribution >= 4 is 17.3 Å². The number of thiazole rings is 1. The van der Waals surface area contributed by atoms with Crippen molar-refractivity contribution in [3.05, 3.63) is 16.1 Å². The lowest BCUT2D eigenvalue weighted by atomic mass is 10.3. The number of aromatic nitrogens is 1. The van der Waals surface area contributed by atoms with E-state index in [0.29, 0.717) is 5.96 Å². The molecule has 1 rings (SSSR count). The monoisotopic (exact) mass is 284 g/mol. The number of hydrogen-bond acceptors (Lipinski definition) is 4. The first-order valence-corrected chi connectivity index (χ1v) is 7.63. The molecule has 0 bridgehead atoms. The lowest BCUT2D eigenvalue weighted by Crippen LogP contribution is -2.33. The Hall–Kier alpha value is -1.14. The van der Waals surface area contributed by atoms with Crippen LogP contribution in [0.25, 0.3) is 0 Å². The third-order valence-corrected chi connectivity index (χ3v) is 3.50. The van der Waals surface area contributed by atoms with Crippen LogP contribution in [-0.2, 0) is 11.2 Å². The summed E-state index contributed by atoms with van der Waals surface area (Å²) in [7, 11) is 0. The second kappa shape index (κ2) is 9.75. The number of aliphatic imine (C=N–C) groups is 1. The predicted octanol–water partition coefficient (Wildman–Crippen LogP) is 1.72. The molecular formula is C13H24N4OS. The zero-order valence-corrected chi connectivity index (χ0v) is 12.6. The molecule has 0 amide bonds. The molecule has 0 radical (unpaired) electrons. The van der Waals surface area contributed by atoms with Crippen LogP contribution in [0.2, 0.25) is 0 Å². The first kappa shape index (κ1) is 15.9. The summed E-state index contributed by atoms with van der Waals surface area (Å²) in [6, 6.07) is 0. The Morgan fingerprint density at radius 1 is 1.53 bits per heavy atom. The number of nitrogens with zero attached hydrogens (tertiary/aromatic N) is 2. The van der Waals surface area contributed by atoms with E-state index >= 15 is 0 Å². The first-order chi connectivity index (χ1) is 9.22.